The van der Waals surface area contributed by atoms with Crippen molar-refractivity contribution in [3.63, 3.8) is 0 Å². The van der Waals surface area contributed by atoms with E-state index in [-0.39, 0.29) is 18.9 Å². The number of aromatic nitrogens is 2. The number of terminal acetylenes is 2. The van der Waals surface area contributed by atoms with Gasteiger partial charge in [-0.15, -0.1) is 12.8 Å². The Morgan fingerprint density at radius 2 is 2.08 bits per heavy atom. The maximum atomic E-state index is 14.2. The normalized spacial score (nSPS) is 25.9. The Morgan fingerprint density at radius 3 is 2.62 bits per heavy atom. The average Bonchev–Trinajstić information content (AvgIpc) is 2.86. The number of hydrogen-bond acceptors (Lipinski definition) is 6. The van der Waals surface area contributed by atoms with Gasteiger partial charge in [0.15, 0.2) is 12.4 Å². The highest BCUT2D eigenvalue weighted by Gasteiger charge is 2.45. The summed E-state index contributed by atoms with van der Waals surface area (Å²) in [4.78, 5) is 24.5. The van der Waals surface area contributed by atoms with Gasteiger partial charge in [-0.2, -0.15) is 0 Å². The molecule has 1 aromatic rings. The molecule has 1 fully saturated rings. The molecule has 1 aliphatic heterocycles. The van der Waals surface area contributed by atoms with Gasteiger partial charge in [0.2, 0.25) is 5.75 Å². The van der Waals surface area contributed by atoms with E-state index in [1.54, 1.807) is 0 Å². The van der Waals surface area contributed by atoms with Crippen molar-refractivity contribution < 1.29 is 24.1 Å². The van der Waals surface area contributed by atoms with Crippen molar-refractivity contribution in [2.24, 2.45) is 0 Å². The molecule has 24 heavy (non-hydrogen) atoms. The first-order valence-electron chi connectivity index (χ1n) is 6.90. The first kappa shape index (κ1) is 17.8. The molecule has 2 rings (SSSR count). The number of hydrogen-bond donors (Lipinski definition) is 2. The zero-order valence-electron chi connectivity index (χ0n) is 12.5. The van der Waals surface area contributed by atoms with E-state index in [2.05, 4.69) is 11.8 Å². The smallest absolute Gasteiger partial charge is 0.334 e. The van der Waals surface area contributed by atoms with E-state index < -0.39 is 42.5 Å². The first-order valence-corrected chi connectivity index (χ1v) is 6.90. The van der Waals surface area contributed by atoms with Crippen molar-refractivity contribution in [2.75, 3.05) is 13.2 Å². The van der Waals surface area contributed by atoms with Gasteiger partial charge in [0.25, 0.3) is 5.56 Å². The van der Waals surface area contributed by atoms with Gasteiger partial charge in [-0.05, 0) is 0 Å². The molecule has 8 nitrogen and oxygen atoms in total. The van der Waals surface area contributed by atoms with Crippen LogP contribution in [0, 0.1) is 24.7 Å². The van der Waals surface area contributed by atoms with Crippen LogP contribution in [0.4, 0.5) is 4.39 Å². The van der Waals surface area contributed by atoms with Crippen molar-refractivity contribution in [1.29, 1.82) is 0 Å². The number of nitrogens with zero attached hydrogens (tertiary/aromatic N) is 2. The van der Waals surface area contributed by atoms with Crippen molar-refractivity contribution in [3.05, 3.63) is 27.0 Å². The summed E-state index contributed by atoms with van der Waals surface area (Å²) in [5.74, 6) is 3.97. The number of rotatable bonds is 5. The lowest BCUT2D eigenvalue weighted by atomic mass is 10.1. The minimum absolute atomic E-state index is 0.254. The Bertz CT molecular complexity index is 802. The average molecular weight is 338 g/mol. The molecule has 2 N–H and O–H groups in total. The van der Waals surface area contributed by atoms with Crippen LogP contribution in [0.5, 0.6) is 5.75 Å². The summed E-state index contributed by atoms with van der Waals surface area (Å²) < 4.78 is 25.9. The molecule has 1 saturated heterocycles. The lowest BCUT2D eigenvalue weighted by molar-refractivity contribution is -0.0498. The Hall–Kier alpha value is -2.59. The van der Waals surface area contributed by atoms with Crippen LogP contribution in [0.1, 0.15) is 6.23 Å². The standard InChI is InChI=1S/C15H15FN2O6/c1-3-5-17-13(21)9(23-6-4-2)7-18(15(17)22)14-11(16)12(20)10(8-19)24-14/h1-2,7,10-12,14,19-20H,5-6,8H2/t10-,11-,12-,14-/m1/s1. The topological polar surface area (TPSA) is 103 Å². The Labute approximate surface area is 136 Å². The molecule has 0 aromatic carbocycles. The molecule has 2 heterocycles. The van der Waals surface area contributed by atoms with Gasteiger partial charge in [-0.25, -0.2) is 13.8 Å². The third kappa shape index (κ3) is 3.05. The molecule has 1 aromatic heterocycles. The number of alkyl halides is 1. The van der Waals surface area contributed by atoms with E-state index >= 15 is 0 Å². The van der Waals surface area contributed by atoms with Crippen molar-refractivity contribution in [1.82, 2.24) is 9.13 Å². The van der Waals surface area contributed by atoms with Crippen LogP contribution < -0.4 is 16.0 Å². The summed E-state index contributed by atoms with van der Waals surface area (Å²) in [5, 5.41) is 18.8. The van der Waals surface area contributed by atoms with E-state index in [0.717, 1.165) is 10.8 Å². The van der Waals surface area contributed by atoms with Gasteiger partial charge in [-0.3, -0.25) is 9.36 Å². The molecule has 0 radical (unpaired) electrons. The summed E-state index contributed by atoms with van der Waals surface area (Å²) in [6.45, 7) is -1.27. The van der Waals surface area contributed by atoms with Gasteiger partial charge in [0.05, 0.1) is 19.3 Å². The first-order chi connectivity index (χ1) is 11.5. The molecule has 0 spiro atoms. The molecule has 4 atom stereocenters. The third-order valence-electron chi connectivity index (χ3n) is 3.47. The van der Waals surface area contributed by atoms with Gasteiger partial charge in [0.1, 0.15) is 18.8 Å². The number of halogens is 1. The summed E-state index contributed by atoms with van der Waals surface area (Å²) in [5.41, 5.74) is -1.76. The molecular weight excluding hydrogens is 323 g/mol. The highest BCUT2D eigenvalue weighted by Crippen LogP contribution is 2.31. The van der Waals surface area contributed by atoms with E-state index in [1.165, 1.54) is 0 Å². The van der Waals surface area contributed by atoms with Crippen LogP contribution in [0.2, 0.25) is 0 Å². The minimum atomic E-state index is -2.00. The Morgan fingerprint density at radius 1 is 1.38 bits per heavy atom. The molecule has 128 valence electrons. The Balaban J connectivity index is 2.56. The highest BCUT2D eigenvalue weighted by molar-refractivity contribution is 5.16. The van der Waals surface area contributed by atoms with Gasteiger partial charge in [0, 0.05) is 0 Å². The number of aliphatic hydroxyl groups is 2. The SMILES string of the molecule is C#CCOc1cn([C@@H]2O[C@H](CO)[C@@H](O)[C@H]2F)c(=O)n(CC#C)c1=O. The Kier molecular flexibility index (Phi) is 5.42. The molecular formula is C15H15FN2O6. The van der Waals surface area contributed by atoms with E-state index in [1.807, 2.05) is 0 Å². The number of ether oxygens (including phenoxy) is 2. The van der Waals surface area contributed by atoms with Crippen LogP contribution in [-0.2, 0) is 11.3 Å². The fraction of sp³-hybridized carbons (Fsp3) is 0.467. The van der Waals surface area contributed by atoms with Crippen LogP contribution in [0.3, 0.4) is 0 Å². The third-order valence-corrected chi connectivity index (χ3v) is 3.47. The molecule has 0 saturated carbocycles. The zero-order valence-corrected chi connectivity index (χ0v) is 12.5. The lowest BCUT2D eigenvalue weighted by Gasteiger charge is -2.18. The summed E-state index contributed by atoms with van der Waals surface area (Å²) in [6.07, 6.45) is 4.74. The highest BCUT2D eigenvalue weighted by atomic mass is 19.1. The molecule has 0 unspecified atom stereocenters. The van der Waals surface area contributed by atoms with E-state index in [4.69, 9.17) is 27.4 Å². The van der Waals surface area contributed by atoms with Crippen molar-refractivity contribution >= 4 is 0 Å². The summed E-state index contributed by atoms with van der Waals surface area (Å²) in [6, 6.07) is 0. The fourth-order valence-electron chi connectivity index (χ4n) is 2.31. The van der Waals surface area contributed by atoms with Gasteiger partial charge >= 0.3 is 5.69 Å². The molecule has 0 aliphatic carbocycles. The number of aliphatic hydroxyl groups excluding tert-OH is 2. The lowest BCUT2D eigenvalue weighted by Crippen LogP contribution is -2.43. The maximum Gasteiger partial charge on any atom is 0.334 e. The maximum absolute atomic E-state index is 14.2. The van der Waals surface area contributed by atoms with Crippen LogP contribution >= 0.6 is 0 Å². The minimum Gasteiger partial charge on any atom is -0.474 e. The largest absolute Gasteiger partial charge is 0.474 e. The van der Waals surface area contributed by atoms with E-state index in [0.29, 0.717) is 4.57 Å². The summed E-state index contributed by atoms with van der Waals surface area (Å²) in [7, 11) is 0. The van der Waals surface area contributed by atoms with Crippen LogP contribution in [0.25, 0.3) is 0 Å². The van der Waals surface area contributed by atoms with E-state index in [9.17, 15) is 19.1 Å². The zero-order chi connectivity index (χ0) is 17.9. The second-order valence-electron chi connectivity index (χ2n) is 4.95. The van der Waals surface area contributed by atoms with Crippen molar-refractivity contribution in [3.8, 4) is 30.4 Å². The predicted octanol–water partition coefficient (Wildman–Crippen LogP) is -1.76. The van der Waals surface area contributed by atoms with Gasteiger partial charge in [-0.1, -0.05) is 11.8 Å². The predicted molar refractivity (Wildman–Crippen MR) is 80.0 cm³/mol. The quantitative estimate of drug-likeness (QED) is 0.617. The second kappa shape index (κ2) is 7.32. The summed E-state index contributed by atoms with van der Waals surface area (Å²) >= 11 is 0. The van der Waals surface area contributed by atoms with Crippen LogP contribution in [0.15, 0.2) is 15.8 Å². The van der Waals surface area contributed by atoms with Crippen LogP contribution in [-0.4, -0.2) is 50.9 Å². The van der Waals surface area contributed by atoms with Gasteiger partial charge < -0.3 is 19.7 Å². The molecule has 1 aliphatic rings. The molecule has 0 amide bonds. The molecule has 0 bridgehead atoms. The second-order valence-corrected chi connectivity index (χ2v) is 4.95. The van der Waals surface area contributed by atoms with Crippen molar-refractivity contribution in [2.45, 2.75) is 31.2 Å². The monoisotopic (exact) mass is 338 g/mol. The molecule has 9 heteroatoms. The fourth-order valence-corrected chi connectivity index (χ4v) is 2.31.